The molecule has 1 aromatic carbocycles. The molecule has 4 rings (SSSR count). The molecule has 0 unspecified atom stereocenters. The zero-order valence-electron chi connectivity index (χ0n) is 20.7. The number of thiazole rings is 1. The van der Waals surface area contributed by atoms with E-state index < -0.39 is 0 Å². The molecule has 3 amide bonds. The number of fused-ring (bicyclic) bond motifs is 1. The minimum atomic E-state index is -0.296. The topological polar surface area (TPSA) is 121 Å². The number of pyridine rings is 2. The maximum atomic E-state index is 12.2. The summed E-state index contributed by atoms with van der Waals surface area (Å²) in [5.41, 5.74) is 4.08. The van der Waals surface area contributed by atoms with E-state index in [1.165, 1.54) is 11.3 Å². The van der Waals surface area contributed by atoms with E-state index in [1.54, 1.807) is 18.5 Å². The molecule has 4 aromatic rings. The van der Waals surface area contributed by atoms with Crippen LogP contribution in [0.5, 0.6) is 0 Å². The van der Waals surface area contributed by atoms with Gasteiger partial charge in [0.25, 0.3) is 0 Å². The van der Waals surface area contributed by atoms with E-state index in [0.29, 0.717) is 17.5 Å². The first-order chi connectivity index (χ1) is 17.2. The Bertz CT molecular complexity index is 1360. The second kappa shape index (κ2) is 10.8. The normalized spacial score (nSPS) is 11.3. The lowest BCUT2D eigenvalue weighted by atomic mass is 10.0. The van der Waals surface area contributed by atoms with Gasteiger partial charge < -0.3 is 16.0 Å². The van der Waals surface area contributed by atoms with Gasteiger partial charge in [0, 0.05) is 35.6 Å². The van der Waals surface area contributed by atoms with Crippen molar-refractivity contribution in [3.8, 4) is 22.4 Å². The number of aromatic nitrogens is 3. The van der Waals surface area contributed by atoms with E-state index in [4.69, 9.17) is 0 Å². The molecule has 9 nitrogen and oxygen atoms in total. The number of amides is 3. The summed E-state index contributed by atoms with van der Waals surface area (Å²) < 4.78 is 0.924. The van der Waals surface area contributed by atoms with Crippen molar-refractivity contribution in [3.63, 3.8) is 0 Å². The molecule has 0 saturated heterocycles. The van der Waals surface area contributed by atoms with Crippen LogP contribution in [0, 0.1) is 0 Å². The molecule has 36 heavy (non-hydrogen) atoms. The van der Waals surface area contributed by atoms with Crippen LogP contribution in [0.1, 0.15) is 27.7 Å². The first-order valence-electron chi connectivity index (χ1n) is 11.6. The number of nitrogens with one attached hydrogen (secondary N) is 4. The summed E-state index contributed by atoms with van der Waals surface area (Å²) in [6, 6.07) is 13.1. The van der Waals surface area contributed by atoms with Crippen LogP contribution in [0.2, 0.25) is 0 Å². The van der Waals surface area contributed by atoms with E-state index >= 15 is 0 Å². The van der Waals surface area contributed by atoms with Gasteiger partial charge in [-0.15, -0.1) is 0 Å². The van der Waals surface area contributed by atoms with Crippen molar-refractivity contribution in [2.75, 3.05) is 23.7 Å². The van der Waals surface area contributed by atoms with E-state index in [-0.39, 0.29) is 24.0 Å². The highest BCUT2D eigenvalue weighted by Crippen LogP contribution is 2.38. The van der Waals surface area contributed by atoms with Crippen molar-refractivity contribution in [3.05, 3.63) is 54.9 Å². The Hall–Kier alpha value is -3.89. The summed E-state index contributed by atoms with van der Waals surface area (Å²) >= 11 is 1.40. The molecule has 186 valence electrons. The standard InChI is InChI=1S/C26H29N7O2S/c1-5-27-24(35)33-25-31-20-13-17(12-18(23(20)36-25)19-8-6-7-11-28-19)16-9-10-21(29-14-16)32-22(34)15-30-26(2,3)4/h6-14,30H,5,15H2,1-4H3,(H,29,32,34)(H2,27,31,33,35). The lowest BCUT2D eigenvalue weighted by Gasteiger charge is -2.19. The van der Waals surface area contributed by atoms with Gasteiger partial charge in [0.15, 0.2) is 5.13 Å². The van der Waals surface area contributed by atoms with E-state index in [1.807, 2.05) is 64.1 Å². The smallest absolute Gasteiger partial charge is 0.321 e. The summed E-state index contributed by atoms with van der Waals surface area (Å²) in [7, 11) is 0. The number of rotatable bonds is 7. The third-order valence-corrected chi connectivity index (χ3v) is 6.15. The number of anilines is 2. The van der Waals surface area contributed by atoms with Crippen molar-refractivity contribution >= 4 is 44.4 Å². The number of hydrogen-bond acceptors (Lipinski definition) is 7. The molecule has 0 atom stereocenters. The fourth-order valence-corrected chi connectivity index (χ4v) is 4.40. The molecule has 0 aliphatic heterocycles. The molecule has 0 aliphatic rings. The molecule has 3 aromatic heterocycles. The highest BCUT2D eigenvalue weighted by atomic mass is 32.1. The van der Waals surface area contributed by atoms with Crippen molar-refractivity contribution in [2.24, 2.45) is 0 Å². The molecule has 0 saturated carbocycles. The van der Waals surface area contributed by atoms with E-state index in [9.17, 15) is 9.59 Å². The number of urea groups is 1. The summed E-state index contributed by atoms with van der Waals surface area (Å²) in [5.74, 6) is 0.325. The summed E-state index contributed by atoms with van der Waals surface area (Å²) in [6.07, 6.45) is 3.46. The fraction of sp³-hybridized carbons (Fsp3) is 0.269. The minimum absolute atomic E-state index is 0.149. The number of nitrogens with zero attached hydrogens (tertiary/aromatic N) is 3. The molecule has 0 spiro atoms. The second-order valence-corrected chi connectivity index (χ2v) is 10.2. The average Bonchev–Trinajstić information content (AvgIpc) is 3.25. The second-order valence-electron chi connectivity index (χ2n) is 9.17. The Labute approximate surface area is 213 Å². The Morgan fingerprint density at radius 2 is 1.83 bits per heavy atom. The zero-order chi connectivity index (χ0) is 25.7. The van der Waals surface area contributed by atoms with Crippen LogP contribution in [0.3, 0.4) is 0 Å². The van der Waals surface area contributed by atoms with Gasteiger partial charge in [0.2, 0.25) is 5.91 Å². The molecule has 0 aliphatic carbocycles. The lowest BCUT2D eigenvalue weighted by Crippen LogP contribution is -2.41. The highest BCUT2D eigenvalue weighted by molar-refractivity contribution is 7.22. The molecular formula is C26H29N7O2S. The highest BCUT2D eigenvalue weighted by Gasteiger charge is 2.16. The lowest BCUT2D eigenvalue weighted by molar-refractivity contribution is -0.115. The van der Waals surface area contributed by atoms with Crippen molar-refractivity contribution in [1.29, 1.82) is 0 Å². The molecule has 10 heteroatoms. The van der Waals surface area contributed by atoms with Gasteiger partial charge in [-0.2, -0.15) is 0 Å². The summed E-state index contributed by atoms with van der Waals surface area (Å²) in [4.78, 5) is 37.8. The number of benzene rings is 1. The number of hydrogen-bond donors (Lipinski definition) is 4. The van der Waals surface area contributed by atoms with Crippen LogP contribution in [-0.4, -0.2) is 45.5 Å². The van der Waals surface area contributed by atoms with Gasteiger partial charge in [-0.1, -0.05) is 17.4 Å². The van der Waals surface area contributed by atoms with E-state index in [2.05, 4.69) is 36.2 Å². The molecule has 3 heterocycles. The van der Waals surface area contributed by atoms with Crippen molar-refractivity contribution < 1.29 is 9.59 Å². The Balaban J connectivity index is 1.63. The van der Waals surface area contributed by atoms with Crippen LogP contribution >= 0.6 is 11.3 Å². The van der Waals surface area contributed by atoms with Gasteiger partial charge in [-0.25, -0.2) is 14.8 Å². The van der Waals surface area contributed by atoms with Crippen molar-refractivity contribution in [2.45, 2.75) is 33.2 Å². The third-order valence-electron chi connectivity index (χ3n) is 5.13. The molecular weight excluding hydrogens is 474 g/mol. The van der Waals surface area contributed by atoms with Gasteiger partial charge in [-0.05, 0) is 69.7 Å². The average molecular weight is 504 g/mol. The van der Waals surface area contributed by atoms with Gasteiger partial charge in [0.05, 0.1) is 22.5 Å². The zero-order valence-corrected chi connectivity index (χ0v) is 21.5. The number of carbonyl (C=O) groups excluding carboxylic acids is 2. The van der Waals surface area contributed by atoms with Crippen LogP contribution in [0.4, 0.5) is 15.7 Å². The first kappa shape index (κ1) is 25.2. The Kier molecular flexibility index (Phi) is 7.56. The predicted octanol–water partition coefficient (Wildman–Crippen LogP) is 4.89. The van der Waals surface area contributed by atoms with E-state index in [0.717, 1.165) is 32.6 Å². The Morgan fingerprint density at radius 1 is 1.00 bits per heavy atom. The summed E-state index contributed by atoms with van der Waals surface area (Å²) in [6.45, 7) is 8.60. The quantitative estimate of drug-likeness (QED) is 0.285. The summed E-state index contributed by atoms with van der Waals surface area (Å²) in [5, 5.41) is 12.0. The largest absolute Gasteiger partial charge is 0.338 e. The van der Waals surface area contributed by atoms with Gasteiger partial charge >= 0.3 is 6.03 Å². The van der Waals surface area contributed by atoms with Crippen LogP contribution in [0.25, 0.3) is 32.6 Å². The van der Waals surface area contributed by atoms with Gasteiger partial charge in [-0.3, -0.25) is 15.1 Å². The van der Waals surface area contributed by atoms with Crippen LogP contribution in [-0.2, 0) is 4.79 Å². The molecule has 4 N–H and O–H groups in total. The fourth-order valence-electron chi connectivity index (χ4n) is 3.44. The van der Waals surface area contributed by atoms with Crippen LogP contribution < -0.4 is 21.3 Å². The van der Waals surface area contributed by atoms with Crippen LogP contribution in [0.15, 0.2) is 54.9 Å². The predicted molar refractivity (Wildman–Crippen MR) is 145 cm³/mol. The molecule has 0 radical (unpaired) electrons. The van der Waals surface area contributed by atoms with Gasteiger partial charge in [0.1, 0.15) is 5.82 Å². The first-order valence-corrected chi connectivity index (χ1v) is 12.5. The van der Waals surface area contributed by atoms with Crippen molar-refractivity contribution in [1.82, 2.24) is 25.6 Å². The Morgan fingerprint density at radius 3 is 2.50 bits per heavy atom. The third kappa shape index (κ3) is 6.41. The SMILES string of the molecule is CCNC(=O)Nc1nc2cc(-c3ccc(NC(=O)CNC(C)(C)C)nc3)cc(-c3ccccn3)c2s1. The minimum Gasteiger partial charge on any atom is -0.338 e. The molecule has 0 fully saturated rings. The molecule has 0 bridgehead atoms. The number of carbonyl (C=O) groups is 2. The maximum absolute atomic E-state index is 12.2. The monoisotopic (exact) mass is 503 g/mol. The maximum Gasteiger partial charge on any atom is 0.321 e.